The average molecular weight is 629 g/mol. The highest BCUT2D eigenvalue weighted by Gasteiger charge is 2.22. The Morgan fingerprint density at radius 3 is 2.30 bits per heavy atom. The van der Waals surface area contributed by atoms with Crippen LogP contribution in [0.1, 0.15) is 32.3 Å². The summed E-state index contributed by atoms with van der Waals surface area (Å²) in [5, 5.41) is 13.7. The third-order valence-electron chi connectivity index (χ3n) is 7.79. The van der Waals surface area contributed by atoms with Gasteiger partial charge < -0.3 is 20.1 Å². The Labute approximate surface area is 263 Å². The summed E-state index contributed by atoms with van der Waals surface area (Å²) in [4.78, 5) is 32.0. The number of aromatic nitrogens is 3. The fraction of sp³-hybridized carbons (Fsp3) is 0.484. The van der Waals surface area contributed by atoms with Gasteiger partial charge in [-0.15, -0.1) is 0 Å². The topological polar surface area (TPSA) is 107 Å². The van der Waals surface area contributed by atoms with Gasteiger partial charge in [0.1, 0.15) is 0 Å². The maximum absolute atomic E-state index is 11.3. The van der Waals surface area contributed by atoms with Crippen LogP contribution in [0.4, 0.5) is 5.95 Å². The van der Waals surface area contributed by atoms with Crippen molar-refractivity contribution in [3.63, 3.8) is 0 Å². The van der Waals surface area contributed by atoms with Crippen molar-refractivity contribution in [1.29, 1.82) is 0 Å². The van der Waals surface area contributed by atoms with Gasteiger partial charge in [-0.3, -0.25) is 14.6 Å². The van der Waals surface area contributed by atoms with Gasteiger partial charge >= 0.3 is 0 Å². The number of nitrogens with zero attached hydrogens (tertiary/aromatic N) is 6. The van der Waals surface area contributed by atoms with Crippen molar-refractivity contribution in [3.05, 3.63) is 58.3 Å². The first-order valence-corrected chi connectivity index (χ1v) is 15.6. The molecule has 4 heterocycles. The second-order valence-corrected chi connectivity index (χ2v) is 12.3. The van der Waals surface area contributed by atoms with E-state index in [1.165, 1.54) is 0 Å². The molecule has 1 atom stereocenters. The number of pyridine rings is 1. The molecule has 43 heavy (non-hydrogen) atoms. The molecule has 0 bridgehead atoms. The number of halogens is 2. The molecule has 10 nitrogen and oxygen atoms in total. The van der Waals surface area contributed by atoms with Crippen molar-refractivity contribution in [2.24, 2.45) is 5.92 Å². The molecule has 230 valence electrons. The monoisotopic (exact) mass is 627 g/mol. The van der Waals surface area contributed by atoms with Crippen molar-refractivity contribution in [2.75, 3.05) is 57.3 Å². The third-order valence-corrected chi connectivity index (χ3v) is 8.22. The molecule has 2 aliphatic heterocycles. The Morgan fingerprint density at radius 1 is 1.00 bits per heavy atom. The Hall–Kier alpha value is -3.02. The predicted molar refractivity (Wildman–Crippen MR) is 169 cm³/mol. The van der Waals surface area contributed by atoms with Crippen LogP contribution in [-0.2, 0) is 11.3 Å². The first-order valence-electron chi connectivity index (χ1n) is 14.8. The normalized spacial score (nSPS) is 17.6. The van der Waals surface area contributed by atoms with E-state index < -0.39 is 0 Å². The number of likely N-dealkylation sites (tertiary alicyclic amines) is 1. The molecule has 0 spiro atoms. The number of hydrogen-bond donors (Lipinski definition) is 2. The molecule has 2 fully saturated rings. The van der Waals surface area contributed by atoms with E-state index in [1.807, 2.05) is 25.1 Å². The summed E-state index contributed by atoms with van der Waals surface area (Å²) in [6, 6.07) is 9.39. The fourth-order valence-electron chi connectivity index (χ4n) is 5.60. The molecule has 2 saturated heterocycles. The maximum Gasteiger partial charge on any atom is 0.225 e. The van der Waals surface area contributed by atoms with Gasteiger partial charge in [-0.2, -0.15) is 0 Å². The zero-order valence-electron chi connectivity index (χ0n) is 24.7. The van der Waals surface area contributed by atoms with Crippen molar-refractivity contribution in [3.8, 4) is 22.9 Å². The van der Waals surface area contributed by atoms with E-state index in [0.29, 0.717) is 45.8 Å². The number of hydrogen-bond acceptors (Lipinski definition) is 9. The molecule has 0 unspecified atom stereocenters. The molecule has 2 aliphatic rings. The smallest absolute Gasteiger partial charge is 0.225 e. The summed E-state index contributed by atoms with van der Waals surface area (Å²) in [5.41, 5.74) is 2.58. The summed E-state index contributed by atoms with van der Waals surface area (Å²) in [6.45, 7) is 10.7. The molecular weight excluding hydrogens is 589 g/mol. The van der Waals surface area contributed by atoms with Crippen molar-refractivity contribution in [2.45, 2.75) is 39.3 Å². The van der Waals surface area contributed by atoms with E-state index in [4.69, 9.17) is 32.9 Å². The van der Waals surface area contributed by atoms with E-state index >= 15 is 0 Å². The molecule has 1 aromatic carbocycles. The number of ether oxygens (including phenoxy) is 1. The van der Waals surface area contributed by atoms with Crippen LogP contribution in [-0.4, -0.2) is 94.2 Å². The third kappa shape index (κ3) is 9.23. The van der Waals surface area contributed by atoms with E-state index in [0.717, 1.165) is 76.3 Å². The molecule has 0 saturated carbocycles. The lowest BCUT2D eigenvalue weighted by molar-refractivity contribution is -0.119. The predicted octanol–water partition coefficient (Wildman–Crippen LogP) is 4.49. The summed E-state index contributed by atoms with van der Waals surface area (Å²) >= 11 is 12.6. The number of benzene rings is 1. The number of rotatable bonds is 10. The van der Waals surface area contributed by atoms with Gasteiger partial charge in [0.15, 0.2) is 5.75 Å². The summed E-state index contributed by atoms with van der Waals surface area (Å²) in [5.74, 6) is 2.10. The number of aliphatic hydroxyl groups is 1. The van der Waals surface area contributed by atoms with Gasteiger partial charge in [-0.05, 0) is 68.6 Å². The van der Waals surface area contributed by atoms with Crippen LogP contribution < -0.4 is 15.0 Å². The molecule has 1 amide bonds. The van der Waals surface area contributed by atoms with Crippen molar-refractivity contribution >= 4 is 35.1 Å². The van der Waals surface area contributed by atoms with Gasteiger partial charge in [0.25, 0.3) is 0 Å². The number of aliphatic hydroxyl groups excluding tert-OH is 1. The number of anilines is 1. The number of carbonyl (C=O) groups is 1. The molecule has 2 aromatic heterocycles. The second-order valence-electron chi connectivity index (χ2n) is 11.5. The number of β-amino-alcohol motifs (C(OH)–C–C–N with tert-alkyl or cyclic N) is 1. The van der Waals surface area contributed by atoms with E-state index in [9.17, 15) is 9.90 Å². The summed E-state index contributed by atoms with van der Waals surface area (Å²) in [6.07, 6.45) is 5.08. The zero-order chi connectivity index (χ0) is 30.3. The van der Waals surface area contributed by atoms with Crippen LogP contribution in [0, 0.1) is 5.92 Å². The fourth-order valence-corrected chi connectivity index (χ4v) is 6.12. The van der Waals surface area contributed by atoms with E-state index in [1.54, 1.807) is 25.4 Å². The van der Waals surface area contributed by atoms with Crippen LogP contribution in [0.25, 0.3) is 11.3 Å². The lowest BCUT2D eigenvalue weighted by Gasteiger charge is -2.35. The molecule has 0 aliphatic carbocycles. The number of nitrogens with one attached hydrogen (secondary N) is 1. The molecule has 2 N–H and O–H groups in total. The Balaban J connectivity index is 1.29. The van der Waals surface area contributed by atoms with Crippen LogP contribution in [0.3, 0.4) is 0 Å². The SMILES string of the molecule is CC(=O)NCC1CCN(Cc2cc(Oc3cnc(N4CCN(C[C@@H](C)O)CC4)nc3)nc(-c3cc(Cl)cc(Cl)c3)c2)CC1. The van der Waals surface area contributed by atoms with E-state index in [2.05, 4.69) is 36.1 Å². The Morgan fingerprint density at radius 2 is 1.67 bits per heavy atom. The largest absolute Gasteiger partial charge is 0.436 e. The Kier molecular flexibility index (Phi) is 10.7. The zero-order valence-corrected chi connectivity index (χ0v) is 26.2. The van der Waals surface area contributed by atoms with Crippen LogP contribution in [0.5, 0.6) is 11.6 Å². The molecule has 0 radical (unpaired) electrons. The van der Waals surface area contributed by atoms with Crippen LogP contribution >= 0.6 is 23.2 Å². The lowest BCUT2D eigenvalue weighted by atomic mass is 9.96. The minimum Gasteiger partial charge on any atom is -0.436 e. The molecule has 3 aromatic rings. The highest BCUT2D eigenvalue weighted by atomic mass is 35.5. The molecule has 5 rings (SSSR count). The number of piperazine rings is 1. The molecular formula is C31H39Cl2N7O3. The highest BCUT2D eigenvalue weighted by molar-refractivity contribution is 6.35. The lowest BCUT2D eigenvalue weighted by Crippen LogP contribution is -2.48. The van der Waals surface area contributed by atoms with E-state index in [-0.39, 0.29) is 12.0 Å². The average Bonchev–Trinajstić information content (AvgIpc) is 2.97. The first kappa shape index (κ1) is 31.4. The van der Waals surface area contributed by atoms with Crippen LogP contribution in [0.15, 0.2) is 42.7 Å². The number of amides is 1. The second kappa shape index (κ2) is 14.6. The maximum atomic E-state index is 11.3. The highest BCUT2D eigenvalue weighted by Crippen LogP contribution is 2.31. The van der Waals surface area contributed by atoms with Gasteiger partial charge in [0.2, 0.25) is 17.7 Å². The standard InChI is InChI=1S/C31H39Cl2N7O3/c1-21(41)19-39-7-9-40(10-8-39)31-35-17-28(18-36-31)43-30-12-24(11-29(37-30)25-13-26(32)15-27(33)14-25)20-38-5-3-23(4-6-38)16-34-22(2)42/h11-15,17-18,21,23,41H,3-10,16,19-20H2,1-2H3,(H,34,42)/t21-/m1/s1. The Bertz CT molecular complexity index is 1360. The number of piperidine rings is 1. The summed E-state index contributed by atoms with van der Waals surface area (Å²) in [7, 11) is 0. The minimum atomic E-state index is -0.337. The van der Waals surface area contributed by atoms with Crippen molar-refractivity contribution < 1.29 is 14.6 Å². The quantitative estimate of drug-likeness (QED) is 0.336. The number of carbonyl (C=O) groups excluding carboxylic acids is 1. The van der Waals surface area contributed by atoms with Gasteiger partial charge in [-0.1, -0.05) is 23.2 Å². The summed E-state index contributed by atoms with van der Waals surface area (Å²) < 4.78 is 6.19. The van der Waals surface area contributed by atoms with Gasteiger partial charge in [-0.25, -0.2) is 15.0 Å². The molecule has 12 heteroatoms. The minimum absolute atomic E-state index is 0.0206. The van der Waals surface area contributed by atoms with Gasteiger partial charge in [0.05, 0.1) is 24.2 Å². The van der Waals surface area contributed by atoms with Crippen molar-refractivity contribution in [1.82, 2.24) is 30.1 Å². The first-order chi connectivity index (χ1) is 20.7. The van der Waals surface area contributed by atoms with Gasteiger partial charge in [0, 0.05) is 74.4 Å². The van der Waals surface area contributed by atoms with Crippen LogP contribution in [0.2, 0.25) is 10.0 Å².